The largest absolute Gasteiger partial charge is 0.338 e. The van der Waals surface area contributed by atoms with Crippen molar-refractivity contribution >= 4 is 28.2 Å². The first-order valence-electron chi connectivity index (χ1n) is 7.37. The molecule has 0 saturated carbocycles. The highest BCUT2D eigenvalue weighted by atomic mass is 35.5. The van der Waals surface area contributed by atoms with E-state index in [9.17, 15) is 13.2 Å². The van der Waals surface area contributed by atoms with Gasteiger partial charge in [-0.2, -0.15) is 0 Å². The molecule has 0 aromatic carbocycles. The molecule has 0 aromatic heterocycles. The number of carbonyl (C=O) groups excluding carboxylic acids is 1. The van der Waals surface area contributed by atoms with Gasteiger partial charge in [0.25, 0.3) is 0 Å². The van der Waals surface area contributed by atoms with Crippen molar-refractivity contribution < 1.29 is 13.2 Å². The highest BCUT2D eigenvalue weighted by Gasteiger charge is 2.34. The van der Waals surface area contributed by atoms with Crippen molar-refractivity contribution in [3.8, 4) is 0 Å². The zero-order valence-electron chi connectivity index (χ0n) is 12.7. The van der Waals surface area contributed by atoms with Crippen LogP contribution in [0.15, 0.2) is 0 Å². The van der Waals surface area contributed by atoms with Crippen molar-refractivity contribution in [1.82, 2.24) is 15.1 Å². The van der Waals surface area contributed by atoms with Crippen molar-refractivity contribution in [3.63, 3.8) is 0 Å². The molecule has 0 radical (unpaired) electrons. The van der Waals surface area contributed by atoms with E-state index >= 15 is 0 Å². The van der Waals surface area contributed by atoms with Gasteiger partial charge in [0.15, 0.2) is 9.84 Å². The third-order valence-corrected chi connectivity index (χ3v) is 6.04. The quantitative estimate of drug-likeness (QED) is 0.764. The van der Waals surface area contributed by atoms with E-state index < -0.39 is 9.84 Å². The Bertz CT molecular complexity index is 458. The molecule has 0 spiro atoms. The van der Waals surface area contributed by atoms with Crippen molar-refractivity contribution in [2.75, 3.05) is 44.2 Å². The second kappa shape index (κ2) is 7.76. The summed E-state index contributed by atoms with van der Waals surface area (Å²) in [5, 5.41) is 3.30. The van der Waals surface area contributed by atoms with Crippen LogP contribution in [0.3, 0.4) is 0 Å². The number of sulfone groups is 1. The monoisotopic (exact) mass is 339 g/mol. The first-order valence-corrected chi connectivity index (χ1v) is 9.19. The predicted octanol–water partition coefficient (Wildman–Crippen LogP) is -0.262. The van der Waals surface area contributed by atoms with Crippen LogP contribution < -0.4 is 5.32 Å². The maximum absolute atomic E-state index is 12.5. The second-order valence-electron chi connectivity index (χ2n) is 5.76. The van der Waals surface area contributed by atoms with Crippen LogP contribution in [0.1, 0.15) is 20.3 Å². The van der Waals surface area contributed by atoms with Crippen LogP contribution in [0.2, 0.25) is 0 Å². The number of piperazine rings is 1. The van der Waals surface area contributed by atoms with Crippen LogP contribution >= 0.6 is 12.4 Å². The molecule has 0 aromatic rings. The molecule has 2 fully saturated rings. The summed E-state index contributed by atoms with van der Waals surface area (Å²) in [6, 6.07) is 0.217. The maximum Gasteiger partial charge on any atom is 0.237 e. The Hall–Kier alpha value is -0.370. The molecule has 6 nitrogen and oxygen atoms in total. The number of halogens is 1. The zero-order chi connectivity index (χ0) is 14.8. The highest BCUT2D eigenvalue weighted by molar-refractivity contribution is 7.91. The van der Waals surface area contributed by atoms with Gasteiger partial charge in [0.2, 0.25) is 5.91 Å². The predicted molar refractivity (Wildman–Crippen MR) is 85.6 cm³/mol. The first-order chi connectivity index (χ1) is 9.43. The van der Waals surface area contributed by atoms with Crippen LogP contribution in [-0.4, -0.2) is 80.4 Å². The Morgan fingerprint density at radius 1 is 1.43 bits per heavy atom. The van der Waals surface area contributed by atoms with Crippen molar-refractivity contribution in [2.45, 2.75) is 32.4 Å². The van der Waals surface area contributed by atoms with Crippen LogP contribution in [0.4, 0.5) is 0 Å². The fourth-order valence-corrected chi connectivity index (χ4v) is 4.77. The second-order valence-corrected chi connectivity index (χ2v) is 7.99. The van der Waals surface area contributed by atoms with Gasteiger partial charge >= 0.3 is 0 Å². The third-order valence-electron chi connectivity index (χ3n) is 4.29. The van der Waals surface area contributed by atoms with Crippen molar-refractivity contribution in [3.05, 3.63) is 0 Å². The van der Waals surface area contributed by atoms with E-state index in [-0.39, 0.29) is 35.9 Å². The topological polar surface area (TPSA) is 69.7 Å². The van der Waals surface area contributed by atoms with Gasteiger partial charge < -0.3 is 10.2 Å². The molecule has 2 saturated heterocycles. The van der Waals surface area contributed by atoms with E-state index in [4.69, 9.17) is 0 Å². The lowest BCUT2D eigenvalue weighted by Gasteiger charge is -2.36. The van der Waals surface area contributed by atoms with Crippen LogP contribution in [-0.2, 0) is 14.6 Å². The molecule has 0 aliphatic carbocycles. The molecule has 2 aliphatic heterocycles. The summed E-state index contributed by atoms with van der Waals surface area (Å²) in [7, 11) is -2.95. The van der Waals surface area contributed by atoms with Gasteiger partial charge in [0.05, 0.1) is 18.1 Å². The average Bonchev–Trinajstić information content (AvgIpc) is 2.73. The Morgan fingerprint density at radius 2 is 2.14 bits per heavy atom. The number of likely N-dealkylation sites (N-methyl/N-ethyl adjacent to an activating group) is 1. The van der Waals surface area contributed by atoms with E-state index in [1.54, 1.807) is 4.90 Å². The number of hydrogen-bond acceptors (Lipinski definition) is 5. The highest BCUT2D eigenvalue weighted by Crippen LogP contribution is 2.18. The number of carbonyl (C=O) groups is 1. The lowest BCUT2D eigenvalue weighted by molar-refractivity contribution is -0.134. The summed E-state index contributed by atoms with van der Waals surface area (Å²) in [4.78, 5) is 16.4. The molecule has 1 amide bonds. The van der Waals surface area contributed by atoms with Gasteiger partial charge in [-0.1, -0.05) is 0 Å². The van der Waals surface area contributed by atoms with Gasteiger partial charge in [-0.15, -0.1) is 12.4 Å². The summed E-state index contributed by atoms with van der Waals surface area (Å²) < 4.78 is 23.1. The summed E-state index contributed by atoms with van der Waals surface area (Å²) in [5.41, 5.74) is 0. The molecule has 2 rings (SSSR count). The Kier molecular flexibility index (Phi) is 6.90. The molecular formula is C13H26ClN3O3S. The Balaban J connectivity index is 0.00000220. The third kappa shape index (κ3) is 4.81. The molecule has 1 N–H and O–H groups in total. The minimum atomic E-state index is -2.95. The van der Waals surface area contributed by atoms with E-state index in [0.717, 1.165) is 19.6 Å². The number of nitrogens with zero attached hydrogens (tertiary/aromatic N) is 2. The van der Waals surface area contributed by atoms with E-state index in [1.165, 1.54) is 0 Å². The number of rotatable bonds is 4. The summed E-state index contributed by atoms with van der Waals surface area (Å²) >= 11 is 0. The number of nitrogens with one attached hydrogen (secondary N) is 1. The molecule has 2 atom stereocenters. The SMILES string of the molecule is CCN(C(=O)CN1CCNC[C@H]1C)C1CCS(=O)(=O)C1.Cl. The maximum atomic E-state index is 12.5. The van der Waals surface area contributed by atoms with E-state index in [0.29, 0.717) is 25.6 Å². The van der Waals surface area contributed by atoms with E-state index in [1.807, 2.05) is 6.92 Å². The van der Waals surface area contributed by atoms with Crippen LogP contribution in [0.25, 0.3) is 0 Å². The van der Waals surface area contributed by atoms with Gasteiger partial charge in [0.1, 0.15) is 0 Å². The van der Waals surface area contributed by atoms with Crippen molar-refractivity contribution in [1.29, 1.82) is 0 Å². The number of amides is 1. The molecule has 124 valence electrons. The van der Waals surface area contributed by atoms with Crippen LogP contribution in [0, 0.1) is 0 Å². The van der Waals surface area contributed by atoms with Crippen molar-refractivity contribution in [2.24, 2.45) is 0 Å². The first kappa shape index (κ1) is 18.7. The molecule has 1 unspecified atom stereocenters. The summed E-state index contributed by atoms with van der Waals surface area (Å²) in [6.45, 7) is 7.68. The van der Waals surface area contributed by atoms with E-state index in [2.05, 4.69) is 17.1 Å². The lowest BCUT2D eigenvalue weighted by Crippen LogP contribution is -2.54. The molecule has 21 heavy (non-hydrogen) atoms. The molecule has 0 bridgehead atoms. The van der Waals surface area contributed by atoms with Gasteiger partial charge in [0, 0.05) is 38.3 Å². The standard InChI is InChI=1S/C13H25N3O3S.ClH/c1-3-16(12-4-7-20(18,19)10-12)13(17)9-15-6-5-14-8-11(15)2;/h11-12,14H,3-10H2,1-2H3;1H/t11-,12?;/m1./s1. The van der Waals surface area contributed by atoms with Gasteiger partial charge in [-0.05, 0) is 20.3 Å². The van der Waals surface area contributed by atoms with Crippen LogP contribution in [0.5, 0.6) is 0 Å². The Labute approximate surface area is 133 Å². The average molecular weight is 340 g/mol. The molecule has 2 aliphatic rings. The fraction of sp³-hybridized carbons (Fsp3) is 0.923. The summed E-state index contributed by atoms with van der Waals surface area (Å²) in [6.07, 6.45) is 0.582. The fourth-order valence-electron chi connectivity index (χ4n) is 3.04. The molecule has 8 heteroatoms. The normalized spacial score (nSPS) is 28.9. The molecule has 2 heterocycles. The van der Waals surface area contributed by atoms with Gasteiger partial charge in [-0.3, -0.25) is 9.69 Å². The zero-order valence-corrected chi connectivity index (χ0v) is 14.4. The minimum Gasteiger partial charge on any atom is -0.338 e. The number of hydrogen-bond donors (Lipinski definition) is 1. The Morgan fingerprint density at radius 3 is 2.67 bits per heavy atom. The smallest absolute Gasteiger partial charge is 0.237 e. The molecular weight excluding hydrogens is 314 g/mol. The summed E-state index contributed by atoms with van der Waals surface area (Å²) in [5.74, 6) is 0.401. The van der Waals surface area contributed by atoms with Gasteiger partial charge in [-0.25, -0.2) is 8.42 Å². The minimum absolute atomic E-state index is 0. The lowest BCUT2D eigenvalue weighted by atomic mass is 10.2.